The van der Waals surface area contributed by atoms with Crippen LogP contribution in [0.4, 0.5) is 4.79 Å². The summed E-state index contributed by atoms with van der Waals surface area (Å²) in [6, 6.07) is 5.45. The Balaban J connectivity index is 2.46. The fourth-order valence-electron chi connectivity index (χ4n) is 1.89. The van der Waals surface area contributed by atoms with Crippen molar-refractivity contribution >= 4 is 17.8 Å². The summed E-state index contributed by atoms with van der Waals surface area (Å²) in [7, 11) is 2.86. The molecule has 1 heterocycles. The molecule has 1 unspecified atom stereocenters. The van der Waals surface area contributed by atoms with Crippen LogP contribution in [-0.4, -0.2) is 36.8 Å². The Hall–Kier alpha value is -2.37. The number of urea groups is 1. The fourth-order valence-corrected chi connectivity index (χ4v) is 1.89. The van der Waals surface area contributed by atoms with Crippen molar-refractivity contribution in [2.24, 2.45) is 0 Å². The molecule has 1 aromatic carbocycles. The minimum Gasteiger partial charge on any atom is -0.341 e. The average Bonchev–Trinajstić information content (AvgIpc) is 2.40. The van der Waals surface area contributed by atoms with E-state index >= 15 is 0 Å². The van der Waals surface area contributed by atoms with Gasteiger partial charge in [0, 0.05) is 19.7 Å². The summed E-state index contributed by atoms with van der Waals surface area (Å²) >= 11 is 0. The largest absolute Gasteiger partial charge is 0.341 e. The zero-order valence-corrected chi connectivity index (χ0v) is 10.1. The van der Waals surface area contributed by atoms with Gasteiger partial charge in [0.1, 0.15) is 6.04 Å². The Morgan fingerprint density at radius 2 is 1.94 bits per heavy atom. The van der Waals surface area contributed by atoms with Crippen molar-refractivity contribution in [1.82, 2.24) is 15.5 Å². The topological polar surface area (TPSA) is 78.5 Å². The smallest absolute Gasteiger partial charge is 0.315 e. The van der Waals surface area contributed by atoms with Gasteiger partial charge in [0.05, 0.1) is 0 Å². The van der Waals surface area contributed by atoms with Crippen LogP contribution in [0.15, 0.2) is 24.3 Å². The summed E-state index contributed by atoms with van der Waals surface area (Å²) in [5.74, 6) is -0.798. The van der Waals surface area contributed by atoms with E-state index in [0.29, 0.717) is 11.1 Å². The number of hydrogen-bond donors (Lipinski definition) is 2. The Kier molecular flexibility index (Phi) is 3.01. The van der Waals surface area contributed by atoms with E-state index < -0.39 is 18.0 Å². The number of carbonyl (C=O) groups excluding carboxylic acids is 3. The van der Waals surface area contributed by atoms with Gasteiger partial charge < -0.3 is 10.6 Å². The van der Waals surface area contributed by atoms with E-state index in [9.17, 15) is 14.4 Å². The maximum absolute atomic E-state index is 12.0. The molecule has 1 atom stereocenters. The monoisotopic (exact) mass is 247 g/mol. The quantitative estimate of drug-likeness (QED) is 0.699. The van der Waals surface area contributed by atoms with Crippen LogP contribution in [0.5, 0.6) is 0 Å². The lowest BCUT2D eigenvalue weighted by Gasteiger charge is -2.30. The van der Waals surface area contributed by atoms with E-state index in [1.54, 1.807) is 24.3 Å². The van der Waals surface area contributed by atoms with E-state index in [-0.39, 0.29) is 5.91 Å². The van der Waals surface area contributed by atoms with E-state index in [2.05, 4.69) is 10.6 Å². The van der Waals surface area contributed by atoms with Crippen LogP contribution in [0, 0.1) is 0 Å². The normalized spacial score (nSPS) is 18.3. The first kappa shape index (κ1) is 12.1. The Morgan fingerprint density at radius 3 is 2.61 bits per heavy atom. The number of nitrogens with one attached hydrogen (secondary N) is 2. The molecule has 0 radical (unpaired) electrons. The molecule has 0 spiro atoms. The number of benzene rings is 1. The standard InChI is InChI=1S/C12H13N3O3/c1-13-12(18)14-9-7-5-3-4-6-8(7)10(16)15(2)11(9)17/h3-6,9H,1-2H3,(H2,13,14,18). The van der Waals surface area contributed by atoms with Crippen LogP contribution in [0.1, 0.15) is 22.0 Å². The first-order valence-corrected chi connectivity index (χ1v) is 5.45. The number of amides is 4. The summed E-state index contributed by atoms with van der Waals surface area (Å²) in [6.07, 6.45) is 0. The van der Waals surface area contributed by atoms with Crippen molar-refractivity contribution in [3.63, 3.8) is 0 Å². The lowest BCUT2D eigenvalue weighted by atomic mass is 9.94. The van der Waals surface area contributed by atoms with Gasteiger partial charge >= 0.3 is 6.03 Å². The van der Waals surface area contributed by atoms with E-state index in [1.807, 2.05) is 0 Å². The molecule has 0 saturated carbocycles. The van der Waals surface area contributed by atoms with E-state index in [0.717, 1.165) is 4.90 Å². The van der Waals surface area contributed by atoms with E-state index in [4.69, 9.17) is 0 Å². The summed E-state index contributed by atoms with van der Waals surface area (Å²) in [4.78, 5) is 36.3. The van der Waals surface area contributed by atoms with Crippen molar-refractivity contribution < 1.29 is 14.4 Å². The van der Waals surface area contributed by atoms with Crippen molar-refractivity contribution in [2.45, 2.75) is 6.04 Å². The number of nitrogens with zero attached hydrogens (tertiary/aromatic N) is 1. The van der Waals surface area contributed by atoms with Gasteiger partial charge in [0.15, 0.2) is 0 Å². The van der Waals surface area contributed by atoms with Gasteiger partial charge in [-0.05, 0) is 11.6 Å². The molecule has 6 heteroatoms. The highest BCUT2D eigenvalue weighted by atomic mass is 16.2. The number of hydrogen-bond acceptors (Lipinski definition) is 3. The third-order valence-electron chi connectivity index (χ3n) is 2.89. The molecule has 1 aliphatic rings. The average molecular weight is 247 g/mol. The van der Waals surface area contributed by atoms with Crippen LogP contribution < -0.4 is 10.6 Å². The van der Waals surface area contributed by atoms with Crippen LogP contribution >= 0.6 is 0 Å². The molecule has 0 fully saturated rings. The maximum atomic E-state index is 12.0. The minimum absolute atomic E-state index is 0.356. The van der Waals surface area contributed by atoms with Gasteiger partial charge in [-0.15, -0.1) is 0 Å². The molecule has 0 bridgehead atoms. The van der Waals surface area contributed by atoms with Crippen molar-refractivity contribution in [1.29, 1.82) is 0 Å². The first-order valence-electron chi connectivity index (χ1n) is 5.45. The molecule has 0 aliphatic carbocycles. The molecule has 0 saturated heterocycles. The summed E-state index contributed by atoms with van der Waals surface area (Å²) in [5.41, 5.74) is 0.954. The van der Waals surface area contributed by atoms with Gasteiger partial charge in [0.25, 0.3) is 11.8 Å². The summed E-state index contributed by atoms with van der Waals surface area (Å²) in [6.45, 7) is 0. The molecule has 4 amide bonds. The lowest BCUT2D eigenvalue weighted by Crippen LogP contribution is -2.49. The van der Waals surface area contributed by atoms with Crippen molar-refractivity contribution in [3.8, 4) is 0 Å². The lowest BCUT2D eigenvalue weighted by molar-refractivity contribution is -0.130. The van der Waals surface area contributed by atoms with Gasteiger partial charge in [-0.1, -0.05) is 18.2 Å². The SMILES string of the molecule is CNC(=O)NC1C(=O)N(C)C(=O)c2ccccc21. The first-order chi connectivity index (χ1) is 8.56. The predicted molar refractivity (Wildman–Crippen MR) is 63.9 cm³/mol. The highest BCUT2D eigenvalue weighted by Gasteiger charge is 2.37. The second-order valence-corrected chi connectivity index (χ2v) is 3.95. The molecule has 18 heavy (non-hydrogen) atoms. The van der Waals surface area contributed by atoms with E-state index in [1.165, 1.54) is 14.1 Å². The number of imide groups is 1. The molecule has 0 aromatic heterocycles. The zero-order valence-electron chi connectivity index (χ0n) is 10.1. The molecule has 6 nitrogen and oxygen atoms in total. The fraction of sp³-hybridized carbons (Fsp3) is 0.250. The highest BCUT2D eigenvalue weighted by molar-refractivity contribution is 6.11. The number of carbonyl (C=O) groups is 3. The second kappa shape index (κ2) is 4.48. The molecular formula is C12H13N3O3. The molecule has 2 rings (SSSR count). The molecule has 94 valence electrons. The zero-order chi connectivity index (χ0) is 13.3. The summed E-state index contributed by atoms with van der Waals surface area (Å²) in [5, 5.41) is 4.92. The molecule has 1 aromatic rings. The van der Waals surface area contributed by atoms with Gasteiger partial charge in [0.2, 0.25) is 0 Å². The van der Waals surface area contributed by atoms with Crippen molar-refractivity contribution in [2.75, 3.05) is 14.1 Å². The molecular weight excluding hydrogens is 234 g/mol. The molecule has 2 N–H and O–H groups in total. The predicted octanol–water partition coefficient (Wildman–Crippen LogP) is 0.269. The Bertz CT molecular complexity index is 527. The van der Waals surface area contributed by atoms with Gasteiger partial charge in [-0.25, -0.2) is 4.79 Å². The van der Waals surface area contributed by atoms with Gasteiger partial charge in [-0.3, -0.25) is 14.5 Å². The number of fused-ring (bicyclic) bond motifs is 1. The number of rotatable bonds is 1. The Labute approximate surface area is 104 Å². The highest BCUT2D eigenvalue weighted by Crippen LogP contribution is 2.26. The van der Waals surface area contributed by atoms with Crippen LogP contribution in [0.2, 0.25) is 0 Å². The maximum Gasteiger partial charge on any atom is 0.315 e. The van der Waals surface area contributed by atoms with Gasteiger partial charge in [-0.2, -0.15) is 0 Å². The third-order valence-corrected chi connectivity index (χ3v) is 2.89. The second-order valence-electron chi connectivity index (χ2n) is 3.95. The molecule has 1 aliphatic heterocycles. The minimum atomic E-state index is -0.830. The van der Waals surface area contributed by atoms with Crippen LogP contribution in [0.25, 0.3) is 0 Å². The van der Waals surface area contributed by atoms with Crippen LogP contribution in [0.3, 0.4) is 0 Å². The number of likely N-dealkylation sites (N-methyl/N-ethyl adjacent to an activating group) is 1. The Morgan fingerprint density at radius 1 is 1.28 bits per heavy atom. The summed E-state index contributed by atoms with van der Waals surface area (Å²) < 4.78 is 0. The van der Waals surface area contributed by atoms with Crippen molar-refractivity contribution in [3.05, 3.63) is 35.4 Å². The van der Waals surface area contributed by atoms with Crippen LogP contribution in [-0.2, 0) is 4.79 Å². The third kappa shape index (κ3) is 1.81.